The Kier molecular flexibility index (Phi) is 5.43. The van der Waals surface area contributed by atoms with Gasteiger partial charge in [-0.25, -0.2) is 4.39 Å². The molecule has 16 heavy (non-hydrogen) atoms. The van der Waals surface area contributed by atoms with Crippen molar-refractivity contribution < 1.29 is 14.2 Å². The fourth-order valence-electron chi connectivity index (χ4n) is 1.60. The number of benzene rings is 1. The Morgan fingerprint density at radius 3 is 2.81 bits per heavy atom. The number of rotatable bonds is 6. The predicted octanol–water partition coefficient (Wildman–Crippen LogP) is 2.40. The average Bonchev–Trinajstić information content (AvgIpc) is 2.25. The number of aliphatic hydroxyl groups is 1. The maximum absolute atomic E-state index is 12.9. The van der Waals surface area contributed by atoms with Gasteiger partial charge in [0.25, 0.3) is 0 Å². The van der Waals surface area contributed by atoms with Gasteiger partial charge in [0.1, 0.15) is 5.82 Å². The maximum atomic E-state index is 12.9. The van der Waals surface area contributed by atoms with E-state index in [1.54, 1.807) is 13.2 Å². The third-order valence-electron chi connectivity index (χ3n) is 2.77. The molecule has 0 aliphatic heterocycles. The second-order valence-electron chi connectivity index (χ2n) is 4.16. The Labute approximate surface area is 96.1 Å². The highest BCUT2D eigenvalue weighted by Crippen LogP contribution is 2.14. The summed E-state index contributed by atoms with van der Waals surface area (Å²) in [5, 5.41) is 9.91. The molecule has 0 heterocycles. The van der Waals surface area contributed by atoms with Gasteiger partial charge in [-0.1, -0.05) is 19.1 Å². The van der Waals surface area contributed by atoms with E-state index in [0.29, 0.717) is 13.0 Å². The van der Waals surface area contributed by atoms with Crippen molar-refractivity contribution in [2.24, 2.45) is 5.92 Å². The average molecular weight is 226 g/mol. The molecule has 2 atom stereocenters. The second-order valence-corrected chi connectivity index (χ2v) is 4.16. The lowest BCUT2D eigenvalue weighted by atomic mass is 9.95. The highest BCUT2D eigenvalue weighted by molar-refractivity contribution is 5.17. The zero-order valence-corrected chi connectivity index (χ0v) is 9.82. The molecule has 0 aliphatic rings. The topological polar surface area (TPSA) is 29.5 Å². The number of aliphatic hydroxyl groups excluding tert-OH is 1. The number of hydrogen-bond acceptors (Lipinski definition) is 2. The fourth-order valence-corrected chi connectivity index (χ4v) is 1.60. The van der Waals surface area contributed by atoms with Crippen LogP contribution in [0.5, 0.6) is 0 Å². The highest BCUT2D eigenvalue weighted by atomic mass is 19.1. The summed E-state index contributed by atoms with van der Waals surface area (Å²) in [5.74, 6) is -0.0996. The first-order valence-electron chi connectivity index (χ1n) is 5.55. The first-order valence-corrected chi connectivity index (χ1v) is 5.55. The van der Waals surface area contributed by atoms with Crippen LogP contribution >= 0.6 is 0 Å². The van der Waals surface area contributed by atoms with Gasteiger partial charge in [-0.15, -0.1) is 0 Å². The summed E-state index contributed by atoms with van der Waals surface area (Å²) < 4.78 is 17.9. The van der Waals surface area contributed by atoms with Gasteiger partial charge in [-0.3, -0.25) is 0 Å². The van der Waals surface area contributed by atoms with Crippen LogP contribution in [0.25, 0.3) is 0 Å². The van der Waals surface area contributed by atoms with E-state index in [9.17, 15) is 9.50 Å². The lowest BCUT2D eigenvalue weighted by Crippen LogP contribution is -2.21. The van der Waals surface area contributed by atoms with Crippen molar-refractivity contribution in [1.29, 1.82) is 0 Å². The van der Waals surface area contributed by atoms with Gasteiger partial charge in [0.05, 0.1) is 6.10 Å². The summed E-state index contributed by atoms with van der Waals surface area (Å²) in [6.45, 7) is 2.62. The second kappa shape index (κ2) is 6.61. The molecular weight excluding hydrogens is 207 g/mol. The Morgan fingerprint density at radius 1 is 1.44 bits per heavy atom. The minimum absolute atomic E-state index is 0.156. The molecule has 1 aromatic rings. The van der Waals surface area contributed by atoms with Crippen molar-refractivity contribution in [2.45, 2.75) is 25.9 Å². The Hall–Kier alpha value is -0.930. The Bertz CT molecular complexity index is 315. The van der Waals surface area contributed by atoms with Crippen LogP contribution in [-0.2, 0) is 11.2 Å². The van der Waals surface area contributed by atoms with Crippen molar-refractivity contribution in [3.63, 3.8) is 0 Å². The van der Waals surface area contributed by atoms with Gasteiger partial charge >= 0.3 is 0 Å². The van der Waals surface area contributed by atoms with E-state index in [-0.39, 0.29) is 11.7 Å². The summed E-state index contributed by atoms with van der Waals surface area (Å²) in [6.07, 6.45) is 0.854. The molecule has 0 aromatic heterocycles. The van der Waals surface area contributed by atoms with Crippen LogP contribution in [0.15, 0.2) is 24.3 Å². The highest BCUT2D eigenvalue weighted by Gasteiger charge is 2.14. The third kappa shape index (κ3) is 4.29. The van der Waals surface area contributed by atoms with Crippen LogP contribution < -0.4 is 0 Å². The van der Waals surface area contributed by atoms with Crippen LogP contribution in [0.4, 0.5) is 4.39 Å². The lowest BCUT2D eigenvalue weighted by molar-refractivity contribution is 0.0886. The van der Waals surface area contributed by atoms with Crippen molar-refractivity contribution >= 4 is 0 Å². The van der Waals surface area contributed by atoms with E-state index >= 15 is 0 Å². The minimum Gasteiger partial charge on any atom is -0.393 e. The molecule has 0 saturated heterocycles. The van der Waals surface area contributed by atoms with Gasteiger partial charge in [-0.05, 0) is 36.5 Å². The number of ether oxygens (including phenoxy) is 1. The van der Waals surface area contributed by atoms with E-state index < -0.39 is 6.10 Å². The van der Waals surface area contributed by atoms with E-state index in [0.717, 1.165) is 12.0 Å². The molecule has 0 aliphatic carbocycles. The monoisotopic (exact) mass is 226 g/mol. The molecule has 0 fully saturated rings. The first kappa shape index (κ1) is 13.1. The van der Waals surface area contributed by atoms with E-state index in [1.165, 1.54) is 12.1 Å². The number of hydrogen-bond donors (Lipinski definition) is 1. The molecule has 0 amide bonds. The summed E-state index contributed by atoms with van der Waals surface area (Å²) in [4.78, 5) is 0. The largest absolute Gasteiger partial charge is 0.393 e. The molecular formula is C13H19FO2. The molecule has 1 rings (SSSR count). The molecule has 2 nitrogen and oxygen atoms in total. The van der Waals surface area contributed by atoms with Crippen molar-refractivity contribution in [3.05, 3.63) is 35.6 Å². The Balaban J connectivity index is 2.47. The van der Waals surface area contributed by atoms with E-state index in [2.05, 4.69) is 0 Å². The zero-order chi connectivity index (χ0) is 12.0. The Morgan fingerprint density at radius 2 is 2.19 bits per heavy atom. The maximum Gasteiger partial charge on any atom is 0.123 e. The standard InChI is InChI=1S/C13H19FO2/c1-10(6-7-16-2)13(15)9-11-4-3-5-12(14)8-11/h3-5,8,10,13,15H,6-7,9H2,1-2H3. The van der Waals surface area contributed by atoms with Crippen LogP contribution in [0, 0.1) is 11.7 Å². The molecule has 0 radical (unpaired) electrons. The number of halogens is 1. The van der Waals surface area contributed by atoms with Crippen molar-refractivity contribution in [2.75, 3.05) is 13.7 Å². The molecule has 90 valence electrons. The fraction of sp³-hybridized carbons (Fsp3) is 0.538. The van der Waals surface area contributed by atoms with E-state index in [4.69, 9.17) is 4.74 Å². The van der Waals surface area contributed by atoms with Crippen LogP contribution in [0.3, 0.4) is 0 Å². The molecule has 3 heteroatoms. The summed E-state index contributed by atoms with van der Waals surface area (Å²) in [7, 11) is 1.64. The quantitative estimate of drug-likeness (QED) is 0.807. The SMILES string of the molecule is COCCC(C)C(O)Cc1cccc(F)c1. The van der Waals surface area contributed by atoms with Crippen LogP contribution in [0.1, 0.15) is 18.9 Å². The molecule has 0 spiro atoms. The van der Waals surface area contributed by atoms with Crippen molar-refractivity contribution in [3.8, 4) is 0 Å². The van der Waals surface area contributed by atoms with Gasteiger partial charge in [0, 0.05) is 13.7 Å². The zero-order valence-electron chi connectivity index (χ0n) is 9.82. The van der Waals surface area contributed by atoms with Gasteiger partial charge in [0.15, 0.2) is 0 Å². The summed E-state index contributed by atoms with van der Waals surface area (Å²) in [5.41, 5.74) is 0.830. The summed E-state index contributed by atoms with van der Waals surface area (Å²) >= 11 is 0. The first-order chi connectivity index (χ1) is 7.63. The van der Waals surface area contributed by atoms with Gasteiger partial charge < -0.3 is 9.84 Å². The molecule has 0 saturated carbocycles. The normalized spacial score (nSPS) is 14.8. The van der Waals surface area contributed by atoms with Gasteiger partial charge in [0.2, 0.25) is 0 Å². The van der Waals surface area contributed by atoms with Gasteiger partial charge in [-0.2, -0.15) is 0 Å². The predicted molar refractivity (Wildman–Crippen MR) is 61.8 cm³/mol. The van der Waals surface area contributed by atoms with Crippen molar-refractivity contribution in [1.82, 2.24) is 0 Å². The van der Waals surface area contributed by atoms with Crippen LogP contribution in [-0.4, -0.2) is 24.9 Å². The third-order valence-corrected chi connectivity index (χ3v) is 2.77. The molecule has 0 bridgehead atoms. The number of methoxy groups -OCH3 is 1. The molecule has 1 aromatic carbocycles. The lowest BCUT2D eigenvalue weighted by Gasteiger charge is -2.18. The minimum atomic E-state index is -0.447. The van der Waals surface area contributed by atoms with Crippen LogP contribution in [0.2, 0.25) is 0 Å². The summed E-state index contributed by atoms with van der Waals surface area (Å²) in [6, 6.07) is 6.36. The van der Waals surface area contributed by atoms with E-state index in [1.807, 2.05) is 13.0 Å². The molecule has 2 unspecified atom stereocenters. The molecule has 1 N–H and O–H groups in total. The smallest absolute Gasteiger partial charge is 0.123 e.